The van der Waals surface area contributed by atoms with Crippen molar-refractivity contribution in [3.8, 4) is 0 Å². The molecule has 0 saturated heterocycles. The molecule has 0 saturated carbocycles. The van der Waals surface area contributed by atoms with Gasteiger partial charge in [0, 0.05) is 18.0 Å². The second-order valence-corrected chi connectivity index (χ2v) is 3.79. The maximum Gasteiger partial charge on any atom is 0.246 e. The molecule has 66 valence electrons. The third-order valence-electron chi connectivity index (χ3n) is 1.02. The van der Waals surface area contributed by atoms with Crippen molar-refractivity contribution in [3.05, 3.63) is 0 Å². The number of ether oxygens (including phenoxy) is 1. The maximum absolute atomic E-state index is 10.8. The highest BCUT2D eigenvalue weighted by molar-refractivity contribution is 9.09. The first kappa shape index (κ1) is 10.9. The molecule has 0 bridgehead atoms. The quantitative estimate of drug-likeness (QED) is 0.705. The Morgan fingerprint density at radius 2 is 2.36 bits per heavy atom. The first-order chi connectivity index (χ1) is 5.16. The van der Waals surface area contributed by atoms with E-state index in [4.69, 9.17) is 4.74 Å². The second kappa shape index (κ2) is 6.61. The highest BCUT2D eigenvalue weighted by Gasteiger charge is 2.01. The van der Waals surface area contributed by atoms with Crippen LogP contribution in [-0.2, 0) is 9.53 Å². The summed E-state index contributed by atoms with van der Waals surface area (Å²) in [6.45, 7) is 5.22. The molecule has 1 amide bonds. The van der Waals surface area contributed by atoms with Gasteiger partial charge in [-0.15, -0.1) is 0 Å². The molecular weight excluding hydrogens is 210 g/mol. The smallest absolute Gasteiger partial charge is 0.246 e. The fourth-order valence-electron chi connectivity index (χ4n) is 0.500. The Kier molecular flexibility index (Phi) is 6.56. The van der Waals surface area contributed by atoms with Gasteiger partial charge in [-0.3, -0.25) is 4.79 Å². The Morgan fingerprint density at radius 1 is 1.73 bits per heavy atom. The summed E-state index contributed by atoms with van der Waals surface area (Å²) in [6.07, 6.45) is 0. The predicted octanol–water partition coefficient (Wildman–Crippen LogP) is 0.923. The number of carbonyl (C=O) groups excluding carboxylic acids is 1. The average molecular weight is 224 g/mol. The van der Waals surface area contributed by atoms with Crippen molar-refractivity contribution in [1.29, 1.82) is 0 Å². The third kappa shape index (κ3) is 7.81. The lowest BCUT2D eigenvalue weighted by Crippen LogP contribution is -2.31. The van der Waals surface area contributed by atoms with Gasteiger partial charge in [0.25, 0.3) is 0 Å². The van der Waals surface area contributed by atoms with E-state index in [0.29, 0.717) is 18.0 Å². The summed E-state index contributed by atoms with van der Waals surface area (Å²) in [5, 5.41) is 2.71. The van der Waals surface area contributed by atoms with Crippen LogP contribution in [0, 0.1) is 0 Å². The van der Waals surface area contributed by atoms with E-state index in [1.54, 1.807) is 0 Å². The van der Waals surface area contributed by atoms with Gasteiger partial charge in [0.2, 0.25) is 5.91 Å². The summed E-state index contributed by atoms with van der Waals surface area (Å²) in [5.41, 5.74) is 0. The summed E-state index contributed by atoms with van der Waals surface area (Å²) in [4.78, 5) is 11.2. The zero-order valence-corrected chi connectivity index (χ0v) is 8.48. The minimum absolute atomic E-state index is 0.0573. The van der Waals surface area contributed by atoms with E-state index in [1.807, 2.05) is 13.8 Å². The molecule has 1 atom stereocenters. The van der Waals surface area contributed by atoms with Crippen LogP contribution in [0.5, 0.6) is 0 Å². The zero-order chi connectivity index (χ0) is 8.69. The molecule has 0 radical (unpaired) electrons. The number of nitrogens with one attached hydrogen (secondary N) is 1. The molecule has 0 aliphatic carbocycles. The van der Waals surface area contributed by atoms with Crippen molar-refractivity contribution < 1.29 is 9.53 Å². The molecule has 0 aliphatic rings. The monoisotopic (exact) mass is 223 g/mol. The number of halogens is 1. The van der Waals surface area contributed by atoms with E-state index in [0.717, 1.165) is 0 Å². The Hall–Kier alpha value is -0.0900. The van der Waals surface area contributed by atoms with E-state index >= 15 is 0 Å². The standard InChI is InChI=1S/C7H14BrNO2/c1-3-11-5-7(10)9-4-6(2)8/h6H,3-5H2,1-2H3,(H,9,10). The lowest BCUT2D eigenvalue weighted by molar-refractivity contribution is -0.125. The van der Waals surface area contributed by atoms with Crippen LogP contribution in [0.25, 0.3) is 0 Å². The largest absolute Gasteiger partial charge is 0.372 e. The highest BCUT2D eigenvalue weighted by atomic mass is 79.9. The summed E-state index contributed by atoms with van der Waals surface area (Å²) in [7, 11) is 0. The predicted molar refractivity (Wildman–Crippen MR) is 47.9 cm³/mol. The number of alkyl halides is 1. The molecule has 1 unspecified atom stereocenters. The minimum atomic E-state index is -0.0573. The van der Waals surface area contributed by atoms with Gasteiger partial charge in [0.1, 0.15) is 6.61 Å². The number of amides is 1. The lowest BCUT2D eigenvalue weighted by Gasteiger charge is -2.05. The molecule has 0 aromatic carbocycles. The van der Waals surface area contributed by atoms with Gasteiger partial charge in [0.15, 0.2) is 0 Å². The van der Waals surface area contributed by atoms with Crippen LogP contribution in [-0.4, -0.2) is 30.5 Å². The normalized spacial score (nSPS) is 12.6. The Morgan fingerprint density at radius 3 is 2.82 bits per heavy atom. The van der Waals surface area contributed by atoms with E-state index < -0.39 is 0 Å². The Labute approximate surface area is 75.6 Å². The van der Waals surface area contributed by atoms with Crippen molar-refractivity contribution in [2.75, 3.05) is 19.8 Å². The van der Waals surface area contributed by atoms with E-state index in [2.05, 4.69) is 21.2 Å². The van der Waals surface area contributed by atoms with Gasteiger partial charge in [-0.05, 0) is 6.92 Å². The number of hydrogen-bond acceptors (Lipinski definition) is 2. The van der Waals surface area contributed by atoms with E-state index in [9.17, 15) is 4.79 Å². The van der Waals surface area contributed by atoms with Gasteiger partial charge >= 0.3 is 0 Å². The van der Waals surface area contributed by atoms with E-state index in [-0.39, 0.29) is 12.5 Å². The Bertz CT molecular complexity index is 117. The molecule has 1 N–H and O–H groups in total. The maximum atomic E-state index is 10.8. The molecule has 0 aliphatic heterocycles. The average Bonchev–Trinajstić information content (AvgIpc) is 1.97. The van der Waals surface area contributed by atoms with Crippen LogP contribution in [0.15, 0.2) is 0 Å². The van der Waals surface area contributed by atoms with Crippen molar-refractivity contribution in [3.63, 3.8) is 0 Å². The van der Waals surface area contributed by atoms with Crippen LogP contribution >= 0.6 is 15.9 Å². The van der Waals surface area contributed by atoms with Gasteiger partial charge in [0.05, 0.1) is 0 Å². The van der Waals surface area contributed by atoms with Crippen LogP contribution in [0.3, 0.4) is 0 Å². The fraction of sp³-hybridized carbons (Fsp3) is 0.857. The van der Waals surface area contributed by atoms with Gasteiger partial charge < -0.3 is 10.1 Å². The van der Waals surface area contributed by atoms with Crippen molar-refractivity contribution >= 4 is 21.8 Å². The molecule has 0 aromatic rings. The second-order valence-electron chi connectivity index (χ2n) is 2.22. The third-order valence-corrected chi connectivity index (χ3v) is 1.34. The van der Waals surface area contributed by atoms with Crippen LogP contribution in [0.2, 0.25) is 0 Å². The number of hydrogen-bond donors (Lipinski definition) is 1. The zero-order valence-electron chi connectivity index (χ0n) is 6.89. The fourth-order valence-corrected chi connectivity index (χ4v) is 0.662. The molecule has 4 heteroatoms. The van der Waals surface area contributed by atoms with Crippen LogP contribution < -0.4 is 5.32 Å². The minimum Gasteiger partial charge on any atom is -0.372 e. The molecule has 3 nitrogen and oxygen atoms in total. The molecule has 0 fully saturated rings. The summed E-state index contributed by atoms with van der Waals surface area (Å²) in [5.74, 6) is -0.0573. The molecule has 0 rings (SSSR count). The van der Waals surface area contributed by atoms with Crippen LogP contribution in [0.1, 0.15) is 13.8 Å². The summed E-state index contributed by atoms with van der Waals surface area (Å²) >= 11 is 3.32. The molecular formula is C7H14BrNO2. The highest BCUT2D eigenvalue weighted by Crippen LogP contribution is 1.93. The van der Waals surface area contributed by atoms with Crippen molar-refractivity contribution in [2.24, 2.45) is 0 Å². The SMILES string of the molecule is CCOCC(=O)NCC(C)Br. The number of carbonyl (C=O) groups is 1. The summed E-state index contributed by atoms with van der Waals surface area (Å²) < 4.78 is 4.90. The molecule has 11 heavy (non-hydrogen) atoms. The first-order valence-electron chi connectivity index (χ1n) is 3.65. The van der Waals surface area contributed by atoms with Crippen molar-refractivity contribution in [1.82, 2.24) is 5.32 Å². The topological polar surface area (TPSA) is 38.3 Å². The van der Waals surface area contributed by atoms with Gasteiger partial charge in [-0.1, -0.05) is 22.9 Å². The molecule has 0 spiro atoms. The van der Waals surface area contributed by atoms with E-state index in [1.165, 1.54) is 0 Å². The number of rotatable bonds is 5. The molecule has 0 heterocycles. The molecule has 0 aromatic heterocycles. The van der Waals surface area contributed by atoms with Crippen LogP contribution in [0.4, 0.5) is 0 Å². The van der Waals surface area contributed by atoms with Gasteiger partial charge in [-0.25, -0.2) is 0 Å². The first-order valence-corrected chi connectivity index (χ1v) is 4.57. The lowest BCUT2D eigenvalue weighted by atomic mass is 10.4. The van der Waals surface area contributed by atoms with Crippen molar-refractivity contribution in [2.45, 2.75) is 18.7 Å². The van der Waals surface area contributed by atoms with Gasteiger partial charge in [-0.2, -0.15) is 0 Å². The summed E-state index contributed by atoms with van der Waals surface area (Å²) in [6, 6.07) is 0. The Balaban J connectivity index is 3.23.